The van der Waals surface area contributed by atoms with Crippen LogP contribution in [0.2, 0.25) is 0 Å². The maximum atomic E-state index is 14.7. The quantitative estimate of drug-likeness (QED) is 0.221. The Morgan fingerprint density at radius 1 is 0.848 bits per heavy atom. The summed E-state index contributed by atoms with van der Waals surface area (Å²) in [7, 11) is 0. The van der Waals surface area contributed by atoms with Crippen molar-refractivity contribution in [3.05, 3.63) is 0 Å². The van der Waals surface area contributed by atoms with E-state index in [9.17, 15) is 19.5 Å². The van der Waals surface area contributed by atoms with E-state index in [1.807, 2.05) is 41.5 Å². The highest BCUT2D eigenvalue weighted by molar-refractivity contribution is 5.83. The molecule has 0 heterocycles. The van der Waals surface area contributed by atoms with Crippen LogP contribution in [-0.2, 0) is 23.9 Å². The first-order valence-corrected chi connectivity index (χ1v) is 18.8. The van der Waals surface area contributed by atoms with Crippen LogP contribution in [0, 0.1) is 68.5 Å². The molecule has 5 aliphatic rings. The standard InChI is InChI=1S/C40H66O6/c1-24(2)22-28(33(43)46-35(4,5)6)45-34(44)40-19-14-26(25(3)23-41)32(40)27-12-13-30-37(9)17-16-31(42)36(7,8)29(37)15-18-39(30,11)38(27,10)20-21-40/h23-32,42H,12-22H2,1-11H3/t25?,26-,27?,28-,29-,30+,31+,32-,37-,38+,39+,40-/m0/s1. The smallest absolute Gasteiger partial charge is 0.347 e. The van der Waals surface area contributed by atoms with E-state index in [2.05, 4.69) is 34.6 Å². The molecule has 46 heavy (non-hydrogen) atoms. The van der Waals surface area contributed by atoms with Crippen molar-refractivity contribution in [3.8, 4) is 0 Å². The minimum absolute atomic E-state index is 0.0340. The minimum atomic E-state index is -0.925. The van der Waals surface area contributed by atoms with E-state index in [0.29, 0.717) is 24.2 Å². The van der Waals surface area contributed by atoms with Crippen LogP contribution in [0.3, 0.4) is 0 Å². The van der Waals surface area contributed by atoms with E-state index in [-0.39, 0.29) is 57.4 Å². The predicted molar refractivity (Wildman–Crippen MR) is 181 cm³/mol. The van der Waals surface area contributed by atoms with Gasteiger partial charge in [-0.3, -0.25) is 4.79 Å². The molecule has 2 unspecified atom stereocenters. The number of carbonyl (C=O) groups is 3. The Labute approximate surface area is 279 Å². The maximum Gasteiger partial charge on any atom is 0.347 e. The highest BCUT2D eigenvalue weighted by Gasteiger charge is 2.72. The molecule has 5 saturated carbocycles. The summed E-state index contributed by atoms with van der Waals surface area (Å²) in [6.45, 7) is 23.9. The van der Waals surface area contributed by atoms with Gasteiger partial charge in [0.05, 0.1) is 11.5 Å². The van der Waals surface area contributed by atoms with Crippen molar-refractivity contribution in [3.63, 3.8) is 0 Å². The Morgan fingerprint density at radius 2 is 1.52 bits per heavy atom. The summed E-state index contributed by atoms with van der Waals surface area (Å²) >= 11 is 0. The molecule has 6 heteroatoms. The van der Waals surface area contributed by atoms with Gasteiger partial charge in [0.2, 0.25) is 0 Å². The molecule has 0 aliphatic heterocycles. The molecule has 262 valence electrons. The maximum absolute atomic E-state index is 14.7. The lowest BCUT2D eigenvalue weighted by Crippen LogP contribution is -2.67. The van der Waals surface area contributed by atoms with Crippen LogP contribution < -0.4 is 0 Å². The van der Waals surface area contributed by atoms with Crippen molar-refractivity contribution in [1.29, 1.82) is 0 Å². The molecule has 6 nitrogen and oxygen atoms in total. The van der Waals surface area contributed by atoms with E-state index in [1.54, 1.807) is 0 Å². The molecule has 0 radical (unpaired) electrons. The third kappa shape index (κ3) is 5.41. The van der Waals surface area contributed by atoms with Gasteiger partial charge in [-0.15, -0.1) is 0 Å². The molecule has 0 aromatic carbocycles. The van der Waals surface area contributed by atoms with Crippen LogP contribution in [0.15, 0.2) is 0 Å². The second-order valence-electron chi connectivity index (χ2n) is 19.5. The van der Waals surface area contributed by atoms with Crippen molar-refractivity contribution in [2.45, 2.75) is 165 Å². The Kier molecular flexibility index (Phi) is 9.25. The number of rotatable bonds is 7. The summed E-state index contributed by atoms with van der Waals surface area (Å²) in [4.78, 5) is 40.4. The zero-order chi connectivity index (χ0) is 34.3. The van der Waals surface area contributed by atoms with Gasteiger partial charge in [0, 0.05) is 5.92 Å². The van der Waals surface area contributed by atoms with Crippen molar-refractivity contribution in [2.24, 2.45) is 68.5 Å². The highest BCUT2D eigenvalue weighted by Crippen LogP contribution is 2.77. The molecule has 0 bridgehead atoms. The monoisotopic (exact) mass is 642 g/mol. The van der Waals surface area contributed by atoms with Gasteiger partial charge < -0.3 is 19.4 Å². The minimum Gasteiger partial charge on any atom is -0.457 e. The number of hydrogen-bond donors (Lipinski definition) is 1. The number of aliphatic hydroxyl groups is 1. The number of fused-ring (bicyclic) bond motifs is 7. The molecule has 12 atom stereocenters. The molecular weight excluding hydrogens is 576 g/mol. The molecule has 1 N–H and O–H groups in total. The second-order valence-corrected chi connectivity index (χ2v) is 19.5. The van der Waals surface area contributed by atoms with Crippen LogP contribution in [0.4, 0.5) is 0 Å². The van der Waals surface area contributed by atoms with Crippen molar-refractivity contribution >= 4 is 18.2 Å². The Balaban J connectivity index is 1.50. The summed E-state index contributed by atoms with van der Waals surface area (Å²) < 4.78 is 12.1. The summed E-state index contributed by atoms with van der Waals surface area (Å²) in [5, 5.41) is 11.1. The third-order valence-corrected chi connectivity index (χ3v) is 15.4. The molecule has 5 aliphatic carbocycles. The van der Waals surface area contributed by atoms with Gasteiger partial charge in [0.15, 0.2) is 6.10 Å². The van der Waals surface area contributed by atoms with E-state index >= 15 is 0 Å². The number of esters is 2. The lowest BCUT2D eigenvalue weighted by molar-refractivity contribution is -0.250. The average Bonchev–Trinajstić information content (AvgIpc) is 3.35. The lowest BCUT2D eigenvalue weighted by atomic mass is 9.32. The van der Waals surface area contributed by atoms with Gasteiger partial charge in [-0.1, -0.05) is 55.4 Å². The van der Waals surface area contributed by atoms with E-state index in [4.69, 9.17) is 9.47 Å². The van der Waals surface area contributed by atoms with E-state index < -0.39 is 23.1 Å². The molecular formula is C40H66O6. The van der Waals surface area contributed by atoms with Crippen molar-refractivity contribution in [2.75, 3.05) is 0 Å². The molecule has 5 rings (SSSR count). The molecule has 0 aromatic rings. The lowest BCUT2D eigenvalue weighted by Gasteiger charge is -2.72. The van der Waals surface area contributed by atoms with Crippen LogP contribution >= 0.6 is 0 Å². The fourth-order valence-electron chi connectivity index (χ4n) is 12.9. The molecule has 0 aromatic heterocycles. The summed E-state index contributed by atoms with van der Waals surface area (Å²) in [5.41, 5.74) is -1.10. The summed E-state index contributed by atoms with van der Waals surface area (Å²) in [6, 6.07) is 0. The number of aldehydes is 1. The first-order valence-electron chi connectivity index (χ1n) is 18.8. The van der Waals surface area contributed by atoms with Gasteiger partial charge in [0.25, 0.3) is 0 Å². The molecule has 0 amide bonds. The van der Waals surface area contributed by atoms with Gasteiger partial charge in [0.1, 0.15) is 11.9 Å². The van der Waals surface area contributed by atoms with Crippen molar-refractivity contribution in [1.82, 2.24) is 0 Å². The number of aliphatic hydroxyl groups excluding tert-OH is 1. The fraction of sp³-hybridized carbons (Fsp3) is 0.925. The van der Waals surface area contributed by atoms with Crippen LogP contribution in [-0.4, -0.2) is 41.1 Å². The van der Waals surface area contributed by atoms with Crippen LogP contribution in [0.25, 0.3) is 0 Å². The Morgan fingerprint density at radius 3 is 2.13 bits per heavy atom. The zero-order valence-electron chi connectivity index (χ0n) is 31.0. The highest BCUT2D eigenvalue weighted by atomic mass is 16.6. The molecule has 5 fully saturated rings. The summed E-state index contributed by atoms with van der Waals surface area (Å²) in [6.07, 6.45) is 10.1. The second kappa shape index (κ2) is 11.9. The van der Waals surface area contributed by atoms with Crippen LogP contribution in [0.5, 0.6) is 0 Å². The Bertz CT molecular complexity index is 1180. The van der Waals surface area contributed by atoms with Crippen molar-refractivity contribution < 1.29 is 29.0 Å². The fourth-order valence-corrected chi connectivity index (χ4v) is 12.9. The van der Waals surface area contributed by atoms with Crippen LogP contribution in [0.1, 0.15) is 147 Å². The average molecular weight is 643 g/mol. The zero-order valence-corrected chi connectivity index (χ0v) is 31.0. The number of ether oxygens (including phenoxy) is 2. The Hall–Kier alpha value is -1.43. The molecule has 0 spiro atoms. The van der Waals surface area contributed by atoms with Gasteiger partial charge in [-0.2, -0.15) is 0 Å². The first-order chi connectivity index (χ1) is 21.2. The van der Waals surface area contributed by atoms with E-state index in [0.717, 1.165) is 70.5 Å². The topological polar surface area (TPSA) is 89.9 Å². The number of hydrogen-bond acceptors (Lipinski definition) is 6. The number of carbonyl (C=O) groups excluding carboxylic acids is 3. The molecule has 0 saturated heterocycles. The van der Waals surface area contributed by atoms with Gasteiger partial charge in [-0.05, 0) is 149 Å². The largest absolute Gasteiger partial charge is 0.457 e. The normalized spacial score (nSPS) is 44.5. The summed E-state index contributed by atoms with van der Waals surface area (Å²) in [5.74, 6) is 0.922. The first kappa shape index (κ1) is 35.9. The van der Waals surface area contributed by atoms with E-state index in [1.165, 1.54) is 0 Å². The third-order valence-electron chi connectivity index (χ3n) is 15.4. The SMILES string of the molecule is CC(C)C[C@H](OC(=O)[C@]12CC[C@@H](C(C)C=O)[C@H]1C1CC[C@@H]3[C@@]4(C)CC[C@@H](O)C(C)(C)[C@@H]4CC[C@@]3(C)[C@]1(C)CC2)C(=O)OC(C)(C)C. The predicted octanol–water partition coefficient (Wildman–Crippen LogP) is 8.56. The van der Waals surface area contributed by atoms with Gasteiger partial charge >= 0.3 is 11.9 Å². The van der Waals surface area contributed by atoms with Gasteiger partial charge in [-0.25, -0.2) is 4.79 Å².